The van der Waals surface area contributed by atoms with Gasteiger partial charge in [0.25, 0.3) is 0 Å². The van der Waals surface area contributed by atoms with E-state index >= 15 is 0 Å². The molecule has 3 aliphatic carbocycles. The molecule has 0 amide bonds. The van der Waals surface area contributed by atoms with Crippen LogP contribution in [0.5, 0.6) is 40.2 Å². The van der Waals surface area contributed by atoms with Gasteiger partial charge in [0.2, 0.25) is 19.7 Å². The maximum absolute atomic E-state index is 13.9. The summed E-state index contributed by atoms with van der Waals surface area (Å²) < 4.78 is 78.7. The Balaban J connectivity index is 0.733. The van der Waals surface area contributed by atoms with Crippen molar-refractivity contribution in [2.45, 2.75) is 57.6 Å². The highest BCUT2D eigenvalue weighted by molar-refractivity contribution is 7.91. The highest BCUT2D eigenvalue weighted by Crippen LogP contribution is 2.60. The van der Waals surface area contributed by atoms with Crippen LogP contribution in [0.3, 0.4) is 0 Å². The van der Waals surface area contributed by atoms with Crippen molar-refractivity contribution < 1.29 is 35.8 Å². The summed E-state index contributed by atoms with van der Waals surface area (Å²) in [7, 11) is -5.79. The minimum Gasteiger partial charge on any atom is -0.496 e. The van der Waals surface area contributed by atoms with E-state index in [1.165, 1.54) is 22.3 Å². The van der Waals surface area contributed by atoms with E-state index in [9.17, 15) is 16.8 Å². The Bertz CT molecular complexity index is 3630. The van der Waals surface area contributed by atoms with Gasteiger partial charge < -0.3 is 18.9 Å². The Hall–Kier alpha value is -7.92. The van der Waals surface area contributed by atoms with Gasteiger partial charge in [0.1, 0.15) is 40.2 Å². The summed E-state index contributed by atoms with van der Waals surface area (Å²) >= 11 is 0. The summed E-state index contributed by atoms with van der Waals surface area (Å²) in [6.45, 7) is 6.20. The Kier molecular flexibility index (Phi) is 11.4. The zero-order chi connectivity index (χ0) is 49.1. The predicted molar refractivity (Wildman–Crippen MR) is 274 cm³/mol. The lowest BCUT2D eigenvalue weighted by molar-refractivity contribution is 0.402. The number of rotatable bonds is 13. The zero-order valence-corrected chi connectivity index (χ0v) is 41.0. The second-order valence-corrected chi connectivity index (χ2v) is 22.3. The van der Waals surface area contributed by atoms with E-state index in [0.717, 1.165) is 33.6 Å². The number of sulfone groups is 2. The number of benzene rings is 9. The van der Waals surface area contributed by atoms with Crippen LogP contribution in [0.25, 0.3) is 0 Å². The second-order valence-electron chi connectivity index (χ2n) is 18.4. The first-order valence-corrected chi connectivity index (χ1v) is 26.3. The van der Waals surface area contributed by atoms with Gasteiger partial charge in [-0.1, -0.05) is 104 Å². The third-order valence-corrected chi connectivity index (χ3v) is 17.4. The molecule has 9 aromatic rings. The lowest BCUT2D eigenvalue weighted by Crippen LogP contribution is -2.28. The lowest BCUT2D eigenvalue weighted by atomic mass is 9.60. The molecule has 0 N–H and O–H groups in total. The van der Waals surface area contributed by atoms with Crippen molar-refractivity contribution in [3.8, 4) is 40.2 Å². The van der Waals surface area contributed by atoms with Gasteiger partial charge in [-0.25, -0.2) is 16.8 Å². The van der Waals surface area contributed by atoms with Gasteiger partial charge >= 0.3 is 0 Å². The first kappa shape index (κ1) is 45.5. The van der Waals surface area contributed by atoms with Crippen molar-refractivity contribution in [1.29, 1.82) is 0 Å². The summed E-state index contributed by atoms with van der Waals surface area (Å²) in [6, 6.07) is 62.9. The summed E-state index contributed by atoms with van der Waals surface area (Å²) in [5.41, 5.74) is 9.98. The fourth-order valence-corrected chi connectivity index (χ4v) is 12.5. The molecule has 8 nitrogen and oxygen atoms in total. The van der Waals surface area contributed by atoms with Crippen LogP contribution in [0.4, 0.5) is 0 Å². The summed E-state index contributed by atoms with van der Waals surface area (Å²) in [6.07, 6.45) is 0. The van der Waals surface area contributed by atoms with E-state index in [1.807, 2.05) is 67.6 Å². The number of aryl methyl sites for hydroxylation is 1. The van der Waals surface area contributed by atoms with Crippen LogP contribution < -0.4 is 18.9 Å². The van der Waals surface area contributed by atoms with E-state index in [0.29, 0.717) is 34.5 Å². The zero-order valence-electron chi connectivity index (χ0n) is 39.4. The summed E-state index contributed by atoms with van der Waals surface area (Å²) in [5.74, 6) is 4.27. The van der Waals surface area contributed by atoms with Crippen LogP contribution in [-0.2, 0) is 25.1 Å². The molecule has 0 spiro atoms. The molecule has 0 unspecified atom stereocenters. The SMILES string of the molecule is COc1ccc(Oc2ccc(S(=O)(=O)c3ccc(Oc4ccc(C(C)(C)c5ccc(Oc6ccc(S(=O)(=O)c7ccc(C)cc7)cc6)cc5)cc4)cc3)cc2)c2c1C1c3ccccc3C2c2ccccc21. The fourth-order valence-electron chi connectivity index (χ4n) is 9.98. The molecule has 10 heteroatoms. The summed E-state index contributed by atoms with van der Waals surface area (Å²) in [5, 5.41) is 0. The van der Waals surface area contributed by atoms with E-state index in [-0.39, 0.29) is 36.8 Å². The molecular formula is C61H48O8S2. The van der Waals surface area contributed by atoms with Gasteiger partial charge in [-0.3, -0.25) is 0 Å². The third-order valence-electron chi connectivity index (χ3n) is 13.8. The minimum atomic E-state index is -3.85. The Morgan fingerprint density at radius 1 is 0.366 bits per heavy atom. The van der Waals surface area contributed by atoms with E-state index < -0.39 is 19.7 Å². The van der Waals surface area contributed by atoms with Gasteiger partial charge in [-0.05, 0) is 162 Å². The van der Waals surface area contributed by atoms with Gasteiger partial charge in [-0.2, -0.15) is 0 Å². The van der Waals surface area contributed by atoms with Crippen molar-refractivity contribution in [2.24, 2.45) is 0 Å². The highest BCUT2D eigenvalue weighted by Gasteiger charge is 2.44. The largest absolute Gasteiger partial charge is 0.496 e. The Morgan fingerprint density at radius 3 is 1.01 bits per heavy atom. The van der Waals surface area contributed by atoms with Crippen LogP contribution in [0.2, 0.25) is 0 Å². The van der Waals surface area contributed by atoms with Gasteiger partial charge in [0, 0.05) is 28.4 Å². The Labute approximate surface area is 414 Å². The van der Waals surface area contributed by atoms with E-state index in [1.54, 1.807) is 104 Å². The van der Waals surface area contributed by atoms with Crippen LogP contribution in [-0.4, -0.2) is 23.9 Å². The van der Waals surface area contributed by atoms with Crippen molar-refractivity contribution in [2.75, 3.05) is 7.11 Å². The average molecular weight is 973 g/mol. The molecule has 352 valence electrons. The van der Waals surface area contributed by atoms with Gasteiger partial charge in [-0.15, -0.1) is 0 Å². The molecule has 0 radical (unpaired) electrons. The van der Waals surface area contributed by atoms with Crippen LogP contribution >= 0.6 is 0 Å². The maximum Gasteiger partial charge on any atom is 0.206 e. The van der Waals surface area contributed by atoms with Crippen molar-refractivity contribution in [3.05, 3.63) is 256 Å². The average Bonchev–Trinajstić information content (AvgIpc) is 3.39. The first-order chi connectivity index (χ1) is 34.3. The van der Waals surface area contributed by atoms with Crippen LogP contribution in [0.15, 0.2) is 226 Å². The molecule has 0 aliphatic heterocycles. The molecule has 0 heterocycles. The highest BCUT2D eigenvalue weighted by atomic mass is 32.2. The van der Waals surface area contributed by atoms with Gasteiger partial charge in [0.15, 0.2) is 0 Å². The Morgan fingerprint density at radius 2 is 0.662 bits per heavy atom. The third kappa shape index (κ3) is 8.22. The number of methoxy groups -OCH3 is 1. The van der Waals surface area contributed by atoms with Crippen molar-refractivity contribution in [1.82, 2.24) is 0 Å². The second kappa shape index (κ2) is 17.8. The van der Waals surface area contributed by atoms with Gasteiger partial charge in [0.05, 0.1) is 26.7 Å². The number of ether oxygens (including phenoxy) is 4. The molecule has 2 bridgehead atoms. The number of hydrogen-bond acceptors (Lipinski definition) is 8. The standard InChI is InChI=1S/C61H48O8S2/c1-39-13-29-47(30-14-39)70(62,63)48-31-23-44(24-32-48)67-42-19-15-40(16-20-42)61(2,3)41-17-21-43(22-18-41)68-45-25-33-49(34-26-45)71(64,65)50-35-27-46(28-36-50)69-56-38-37-55(66-4)59-57-51-9-5-7-11-53(51)58(60(56)59)54-12-8-6-10-52(54)57/h5-38,57-58H,1-4H3. The normalized spacial score (nSPS) is 14.7. The molecule has 0 atom stereocenters. The predicted octanol–water partition coefficient (Wildman–Crippen LogP) is 14.4. The molecule has 3 aliphatic rings. The first-order valence-electron chi connectivity index (χ1n) is 23.3. The monoisotopic (exact) mass is 972 g/mol. The van der Waals surface area contributed by atoms with E-state index in [2.05, 4.69) is 62.4 Å². The molecule has 0 saturated carbocycles. The molecule has 0 saturated heterocycles. The molecule has 71 heavy (non-hydrogen) atoms. The van der Waals surface area contributed by atoms with Crippen LogP contribution in [0, 0.1) is 6.92 Å². The lowest BCUT2D eigenvalue weighted by Gasteiger charge is -2.43. The minimum absolute atomic E-state index is 0.00367. The molecule has 0 aromatic heterocycles. The quantitative estimate of drug-likeness (QED) is 0.112. The van der Waals surface area contributed by atoms with E-state index in [4.69, 9.17) is 18.9 Å². The molecule has 0 fully saturated rings. The number of hydrogen-bond donors (Lipinski definition) is 0. The van der Waals surface area contributed by atoms with Crippen molar-refractivity contribution >= 4 is 19.7 Å². The topological polar surface area (TPSA) is 105 Å². The maximum atomic E-state index is 13.9. The molecule has 12 rings (SSSR count). The van der Waals surface area contributed by atoms with Crippen molar-refractivity contribution in [3.63, 3.8) is 0 Å². The smallest absolute Gasteiger partial charge is 0.206 e. The summed E-state index contributed by atoms with van der Waals surface area (Å²) in [4.78, 5) is 0.744. The molecule has 9 aromatic carbocycles. The van der Waals surface area contributed by atoms with Crippen LogP contribution in [0.1, 0.15) is 75.8 Å². The molecular weight excluding hydrogens is 925 g/mol. The fraction of sp³-hybridized carbons (Fsp3) is 0.115.